The van der Waals surface area contributed by atoms with E-state index in [4.69, 9.17) is 4.42 Å². The highest BCUT2D eigenvalue weighted by Crippen LogP contribution is 2.35. The van der Waals surface area contributed by atoms with Gasteiger partial charge in [0, 0.05) is 0 Å². The molecule has 0 fully saturated rings. The molecule has 9 heteroatoms. The maximum atomic E-state index is 5.81. The van der Waals surface area contributed by atoms with Gasteiger partial charge in [0.25, 0.3) is 5.89 Å². The van der Waals surface area contributed by atoms with Crippen LogP contribution in [0.15, 0.2) is 45.3 Å². The molecule has 3 aromatic heterocycles. The number of tetrazole rings is 1. The molecule has 1 aromatic carbocycles. The number of hydrogen-bond donors (Lipinski definition) is 0. The summed E-state index contributed by atoms with van der Waals surface area (Å²) < 4.78 is 7.56. The topological polar surface area (TPSA) is 82.5 Å². The number of aromatic nitrogens is 6. The second-order valence-electron chi connectivity index (χ2n) is 5.85. The van der Waals surface area contributed by atoms with Gasteiger partial charge in [0.1, 0.15) is 0 Å². The van der Waals surface area contributed by atoms with Crippen molar-refractivity contribution in [2.24, 2.45) is 0 Å². The van der Waals surface area contributed by atoms with Crippen LogP contribution in [0.1, 0.15) is 29.2 Å². The lowest BCUT2D eigenvalue weighted by Crippen LogP contribution is -2.02. The molecule has 0 aliphatic carbocycles. The highest BCUT2D eigenvalue weighted by molar-refractivity contribution is 7.99. The van der Waals surface area contributed by atoms with Crippen LogP contribution in [0, 0.1) is 13.8 Å². The predicted octanol–water partition coefficient (Wildman–Crippen LogP) is 4.24. The van der Waals surface area contributed by atoms with Crippen molar-refractivity contribution in [1.82, 2.24) is 30.4 Å². The monoisotopic (exact) mass is 384 g/mol. The summed E-state index contributed by atoms with van der Waals surface area (Å²) in [5.74, 6) is 1.09. The molecule has 0 aliphatic rings. The summed E-state index contributed by atoms with van der Waals surface area (Å²) in [7, 11) is 0. The van der Waals surface area contributed by atoms with Gasteiger partial charge in [0.05, 0.1) is 15.8 Å². The first-order valence-corrected chi connectivity index (χ1v) is 9.77. The Morgan fingerprint density at radius 2 is 2.04 bits per heavy atom. The summed E-state index contributed by atoms with van der Waals surface area (Å²) in [5.41, 5.74) is 3.28. The van der Waals surface area contributed by atoms with E-state index in [1.165, 1.54) is 17.3 Å². The normalized spacial score (nSPS) is 12.4. The van der Waals surface area contributed by atoms with Gasteiger partial charge < -0.3 is 4.42 Å². The van der Waals surface area contributed by atoms with Gasteiger partial charge in [0.2, 0.25) is 11.0 Å². The summed E-state index contributed by atoms with van der Waals surface area (Å²) in [5, 5.41) is 23.0. The molecule has 0 aliphatic heterocycles. The Hall–Kier alpha value is -2.52. The number of thiophene rings is 1. The van der Waals surface area contributed by atoms with Crippen molar-refractivity contribution < 1.29 is 4.42 Å². The van der Waals surface area contributed by atoms with Crippen LogP contribution < -0.4 is 0 Å². The Kier molecular flexibility index (Phi) is 4.56. The number of hydrogen-bond acceptors (Lipinski definition) is 8. The molecule has 4 aromatic rings. The third-order valence-electron chi connectivity index (χ3n) is 3.82. The summed E-state index contributed by atoms with van der Waals surface area (Å²) in [6.07, 6.45) is 0. The smallest absolute Gasteiger partial charge is 0.257 e. The molecule has 0 amide bonds. The van der Waals surface area contributed by atoms with Crippen molar-refractivity contribution in [2.75, 3.05) is 0 Å². The van der Waals surface area contributed by atoms with Gasteiger partial charge in [-0.15, -0.1) is 26.6 Å². The van der Waals surface area contributed by atoms with Crippen LogP contribution in [-0.4, -0.2) is 30.4 Å². The van der Waals surface area contributed by atoms with Crippen LogP contribution in [0.25, 0.3) is 16.5 Å². The fourth-order valence-corrected chi connectivity index (χ4v) is 4.03. The second-order valence-corrected chi connectivity index (χ2v) is 8.10. The van der Waals surface area contributed by atoms with E-state index in [1.54, 1.807) is 16.0 Å². The summed E-state index contributed by atoms with van der Waals surface area (Å²) in [4.78, 5) is 0.959. The molecule has 0 saturated heterocycles. The molecule has 3 heterocycles. The third kappa shape index (κ3) is 3.27. The molecule has 0 bridgehead atoms. The Balaban J connectivity index is 1.58. The highest BCUT2D eigenvalue weighted by atomic mass is 32.2. The largest absolute Gasteiger partial charge is 0.419 e. The molecule has 0 N–H and O–H groups in total. The average Bonchev–Trinajstić information content (AvgIpc) is 3.36. The Morgan fingerprint density at radius 1 is 1.15 bits per heavy atom. The van der Waals surface area contributed by atoms with Crippen molar-refractivity contribution in [1.29, 1.82) is 0 Å². The van der Waals surface area contributed by atoms with Crippen LogP contribution in [-0.2, 0) is 0 Å². The lowest BCUT2D eigenvalue weighted by atomic mass is 10.1. The number of thioether (sulfide) groups is 1. The second kappa shape index (κ2) is 7.00. The standard InChI is InChI=1S/C17H16N6OS2/c1-10-6-7-13(11(2)9-10)23-17(20-21-22-23)26-12(3)15-18-19-16(24-15)14-5-4-8-25-14/h4-9,12H,1-3H3/t12-/m0/s1. The van der Waals surface area contributed by atoms with Crippen LogP contribution in [0.3, 0.4) is 0 Å². The minimum atomic E-state index is -0.0771. The molecule has 0 spiro atoms. The SMILES string of the molecule is Cc1ccc(-n2nnnc2S[C@@H](C)c2nnc(-c3cccs3)o2)c(C)c1. The first kappa shape index (κ1) is 16.9. The first-order chi connectivity index (χ1) is 12.6. The Bertz CT molecular complexity index is 1020. The minimum Gasteiger partial charge on any atom is -0.419 e. The van der Waals surface area contributed by atoms with E-state index in [0.29, 0.717) is 16.9 Å². The first-order valence-electron chi connectivity index (χ1n) is 8.02. The van der Waals surface area contributed by atoms with Gasteiger partial charge in [-0.3, -0.25) is 0 Å². The quantitative estimate of drug-likeness (QED) is 0.476. The van der Waals surface area contributed by atoms with Gasteiger partial charge in [-0.25, -0.2) is 0 Å². The molecule has 0 radical (unpaired) electrons. The molecular formula is C17H16N6OS2. The maximum Gasteiger partial charge on any atom is 0.257 e. The Labute approximate surface area is 158 Å². The van der Waals surface area contributed by atoms with E-state index in [-0.39, 0.29) is 5.25 Å². The zero-order valence-corrected chi connectivity index (χ0v) is 16.1. The molecular weight excluding hydrogens is 368 g/mol. The number of nitrogens with zero attached hydrogens (tertiary/aromatic N) is 6. The zero-order chi connectivity index (χ0) is 18.1. The van der Waals surface area contributed by atoms with Gasteiger partial charge in [-0.2, -0.15) is 4.68 Å². The maximum absolute atomic E-state index is 5.81. The third-order valence-corrected chi connectivity index (χ3v) is 5.70. The van der Waals surface area contributed by atoms with Crippen molar-refractivity contribution >= 4 is 23.1 Å². The van der Waals surface area contributed by atoms with Crippen LogP contribution in [0.4, 0.5) is 0 Å². The van der Waals surface area contributed by atoms with Gasteiger partial charge in [0.15, 0.2) is 0 Å². The van der Waals surface area contributed by atoms with E-state index in [1.807, 2.05) is 43.5 Å². The lowest BCUT2D eigenvalue weighted by molar-refractivity contribution is 0.510. The lowest BCUT2D eigenvalue weighted by Gasteiger charge is -2.10. The van der Waals surface area contributed by atoms with Crippen molar-refractivity contribution in [3.05, 3.63) is 52.7 Å². The highest BCUT2D eigenvalue weighted by Gasteiger charge is 2.21. The van der Waals surface area contributed by atoms with Crippen LogP contribution in [0.2, 0.25) is 0 Å². The van der Waals surface area contributed by atoms with Gasteiger partial charge in [-0.05, 0) is 54.3 Å². The predicted molar refractivity (Wildman–Crippen MR) is 101 cm³/mol. The minimum absolute atomic E-state index is 0.0771. The van der Waals surface area contributed by atoms with E-state index < -0.39 is 0 Å². The number of rotatable bonds is 5. The van der Waals surface area contributed by atoms with Crippen LogP contribution in [0.5, 0.6) is 0 Å². The summed E-state index contributed by atoms with van der Waals surface area (Å²) in [6.45, 7) is 6.11. The van der Waals surface area contributed by atoms with Crippen molar-refractivity contribution in [2.45, 2.75) is 31.2 Å². The van der Waals surface area contributed by atoms with E-state index in [2.05, 4.69) is 38.7 Å². The molecule has 7 nitrogen and oxygen atoms in total. The fraction of sp³-hybridized carbons (Fsp3) is 0.235. The molecule has 1 atom stereocenters. The number of aryl methyl sites for hydroxylation is 2. The molecule has 0 unspecified atom stereocenters. The molecule has 0 saturated carbocycles. The summed E-state index contributed by atoms with van der Waals surface area (Å²) >= 11 is 3.05. The van der Waals surface area contributed by atoms with Crippen molar-refractivity contribution in [3.63, 3.8) is 0 Å². The average molecular weight is 384 g/mol. The number of benzene rings is 1. The van der Waals surface area contributed by atoms with E-state index in [9.17, 15) is 0 Å². The zero-order valence-electron chi connectivity index (χ0n) is 14.4. The van der Waals surface area contributed by atoms with Crippen LogP contribution >= 0.6 is 23.1 Å². The van der Waals surface area contributed by atoms with Gasteiger partial charge in [-0.1, -0.05) is 35.5 Å². The van der Waals surface area contributed by atoms with E-state index in [0.717, 1.165) is 16.1 Å². The van der Waals surface area contributed by atoms with E-state index >= 15 is 0 Å². The molecule has 132 valence electrons. The molecule has 4 rings (SSSR count). The molecule has 26 heavy (non-hydrogen) atoms. The summed E-state index contributed by atoms with van der Waals surface area (Å²) in [6, 6.07) is 10.1. The fourth-order valence-electron chi connectivity index (χ4n) is 2.55. The van der Waals surface area contributed by atoms with Crippen molar-refractivity contribution in [3.8, 4) is 16.5 Å². The Morgan fingerprint density at radius 3 is 2.81 bits per heavy atom. The van der Waals surface area contributed by atoms with Gasteiger partial charge >= 0.3 is 0 Å².